The molecule has 0 bridgehead atoms. The van der Waals surface area contributed by atoms with Gasteiger partial charge in [-0.1, -0.05) is 48.5 Å². The Kier molecular flexibility index (Phi) is 2.34. The van der Waals surface area contributed by atoms with Crippen molar-refractivity contribution < 1.29 is 4.79 Å². The molecule has 0 spiro atoms. The second-order valence-electron chi connectivity index (χ2n) is 5.73. The summed E-state index contributed by atoms with van der Waals surface area (Å²) in [5.74, 6) is 1.07. The van der Waals surface area contributed by atoms with Crippen molar-refractivity contribution in [3.63, 3.8) is 0 Å². The van der Waals surface area contributed by atoms with Crippen LogP contribution >= 0.6 is 0 Å². The van der Waals surface area contributed by atoms with Gasteiger partial charge in [-0.2, -0.15) is 0 Å². The molecule has 1 heteroatoms. The third kappa shape index (κ3) is 1.65. The van der Waals surface area contributed by atoms with E-state index in [2.05, 4.69) is 42.5 Å². The maximum absolute atomic E-state index is 12.4. The Balaban J connectivity index is 1.48. The summed E-state index contributed by atoms with van der Waals surface area (Å²) in [6, 6.07) is 16.8. The number of Topliss-reactive ketones (excluding diaryl/α,β-unsaturated/α-hetero) is 1. The van der Waals surface area contributed by atoms with Gasteiger partial charge in [0.05, 0.1) is 0 Å². The molecule has 0 amide bonds. The molecule has 0 fully saturated rings. The van der Waals surface area contributed by atoms with Crippen LogP contribution in [0.15, 0.2) is 48.5 Å². The molecule has 0 saturated carbocycles. The van der Waals surface area contributed by atoms with Gasteiger partial charge in [-0.15, -0.1) is 0 Å². The van der Waals surface area contributed by atoms with Crippen LogP contribution in [0.5, 0.6) is 0 Å². The molecule has 0 N–H and O–H groups in total. The molecule has 1 nitrogen and oxygen atoms in total. The molecule has 0 saturated heterocycles. The Hall–Kier alpha value is -1.89. The first-order valence-corrected chi connectivity index (χ1v) is 7.01. The van der Waals surface area contributed by atoms with Gasteiger partial charge in [0.1, 0.15) is 5.78 Å². The van der Waals surface area contributed by atoms with E-state index in [9.17, 15) is 4.79 Å². The summed E-state index contributed by atoms with van der Waals surface area (Å²) in [6.07, 6.45) is 2.75. The lowest BCUT2D eigenvalue weighted by Crippen LogP contribution is -2.28. The normalized spacial score (nSPS) is 22.7. The number of carbonyl (C=O) groups is 1. The van der Waals surface area contributed by atoms with Gasteiger partial charge in [-0.05, 0) is 41.0 Å². The van der Waals surface area contributed by atoms with Crippen LogP contribution in [0.4, 0.5) is 0 Å². The number of benzene rings is 2. The molecule has 0 radical (unpaired) electrons. The maximum atomic E-state index is 12.4. The molecular weight excluding hydrogens is 232 g/mol. The van der Waals surface area contributed by atoms with Gasteiger partial charge in [-0.25, -0.2) is 0 Å². The summed E-state index contributed by atoms with van der Waals surface area (Å²) in [7, 11) is 0. The minimum Gasteiger partial charge on any atom is -0.299 e. The average Bonchev–Trinajstić information content (AvgIpc) is 2.37. The first-order chi connectivity index (χ1) is 9.33. The van der Waals surface area contributed by atoms with Crippen molar-refractivity contribution in [3.05, 3.63) is 70.8 Å². The Morgan fingerprint density at radius 2 is 1.53 bits per heavy atom. The summed E-state index contributed by atoms with van der Waals surface area (Å²) in [6.45, 7) is 0. The van der Waals surface area contributed by atoms with E-state index in [1.807, 2.05) is 6.07 Å². The van der Waals surface area contributed by atoms with Gasteiger partial charge < -0.3 is 0 Å². The van der Waals surface area contributed by atoms with Gasteiger partial charge >= 0.3 is 0 Å². The fraction of sp³-hybridized carbons (Fsp3) is 0.278. The van der Waals surface area contributed by atoms with E-state index in [1.54, 1.807) is 0 Å². The molecule has 4 rings (SSSR count). The summed E-state index contributed by atoms with van der Waals surface area (Å²) >= 11 is 0. The highest BCUT2D eigenvalue weighted by Gasteiger charge is 2.35. The lowest BCUT2D eigenvalue weighted by atomic mass is 9.69. The number of ketones is 1. The van der Waals surface area contributed by atoms with Crippen molar-refractivity contribution in [3.8, 4) is 0 Å². The topological polar surface area (TPSA) is 17.1 Å². The Morgan fingerprint density at radius 3 is 2.21 bits per heavy atom. The first-order valence-electron chi connectivity index (χ1n) is 7.01. The van der Waals surface area contributed by atoms with Crippen LogP contribution in [-0.2, 0) is 17.6 Å². The molecule has 0 aliphatic heterocycles. The summed E-state index contributed by atoms with van der Waals surface area (Å²) in [4.78, 5) is 12.4. The van der Waals surface area contributed by atoms with Gasteiger partial charge in [-0.3, -0.25) is 4.79 Å². The van der Waals surface area contributed by atoms with Crippen molar-refractivity contribution in [2.75, 3.05) is 0 Å². The van der Waals surface area contributed by atoms with Gasteiger partial charge in [0.2, 0.25) is 0 Å². The van der Waals surface area contributed by atoms with Crippen molar-refractivity contribution in [2.24, 2.45) is 0 Å². The molecule has 2 unspecified atom stereocenters. The second kappa shape index (κ2) is 4.06. The molecule has 0 heterocycles. The second-order valence-corrected chi connectivity index (χ2v) is 5.73. The Labute approximate surface area is 113 Å². The molecular formula is C18H16O. The van der Waals surface area contributed by atoms with Crippen LogP contribution in [-0.4, -0.2) is 5.78 Å². The van der Waals surface area contributed by atoms with E-state index >= 15 is 0 Å². The highest BCUT2D eigenvalue weighted by Crippen LogP contribution is 2.42. The fourth-order valence-corrected chi connectivity index (χ4v) is 3.48. The zero-order valence-corrected chi connectivity index (χ0v) is 10.8. The highest BCUT2D eigenvalue weighted by atomic mass is 16.1. The third-order valence-corrected chi connectivity index (χ3v) is 4.65. The minimum atomic E-state index is 0.170. The molecule has 0 aromatic heterocycles. The predicted octanol–water partition coefficient (Wildman–Crippen LogP) is 3.63. The smallest absolute Gasteiger partial charge is 0.141 e. The summed E-state index contributed by atoms with van der Waals surface area (Å²) in [5, 5.41) is 0. The SMILES string of the molecule is O=C(CC1Cc2ccccc21)C1Cc2ccccc21. The lowest BCUT2D eigenvalue weighted by molar-refractivity contribution is -0.121. The van der Waals surface area contributed by atoms with Crippen molar-refractivity contribution in [2.45, 2.75) is 31.1 Å². The number of hydrogen-bond donors (Lipinski definition) is 0. The van der Waals surface area contributed by atoms with Crippen molar-refractivity contribution >= 4 is 5.78 Å². The van der Waals surface area contributed by atoms with Crippen LogP contribution in [0, 0.1) is 0 Å². The fourth-order valence-electron chi connectivity index (χ4n) is 3.48. The quantitative estimate of drug-likeness (QED) is 0.810. The number of carbonyl (C=O) groups excluding carboxylic acids is 1. The lowest BCUT2D eigenvalue weighted by Gasteiger charge is -2.33. The number of fused-ring (bicyclic) bond motifs is 2. The monoisotopic (exact) mass is 248 g/mol. The number of hydrogen-bond acceptors (Lipinski definition) is 1. The van der Waals surface area contributed by atoms with E-state index in [4.69, 9.17) is 0 Å². The molecule has 94 valence electrons. The Morgan fingerprint density at radius 1 is 0.895 bits per heavy atom. The van der Waals surface area contributed by atoms with Crippen LogP contribution < -0.4 is 0 Å². The summed E-state index contributed by atoms with van der Waals surface area (Å²) < 4.78 is 0. The van der Waals surface area contributed by atoms with Crippen LogP contribution in [0.1, 0.15) is 40.5 Å². The molecule has 2 aromatic rings. The Bertz CT molecular complexity index is 656. The van der Waals surface area contributed by atoms with E-state index < -0.39 is 0 Å². The van der Waals surface area contributed by atoms with E-state index in [0.29, 0.717) is 11.7 Å². The van der Waals surface area contributed by atoms with Crippen LogP contribution in [0.2, 0.25) is 0 Å². The molecule has 2 aromatic carbocycles. The third-order valence-electron chi connectivity index (χ3n) is 4.65. The molecule has 2 atom stereocenters. The highest BCUT2D eigenvalue weighted by molar-refractivity contribution is 5.89. The van der Waals surface area contributed by atoms with E-state index in [-0.39, 0.29) is 5.92 Å². The van der Waals surface area contributed by atoms with Crippen molar-refractivity contribution in [1.29, 1.82) is 0 Å². The average molecular weight is 248 g/mol. The van der Waals surface area contributed by atoms with Gasteiger partial charge in [0, 0.05) is 12.3 Å². The standard InChI is InChI=1S/C18H16O/c19-18(17-10-13-6-2-4-8-16(13)17)11-14-9-12-5-1-3-7-15(12)14/h1-8,14,17H,9-11H2. The van der Waals surface area contributed by atoms with Gasteiger partial charge in [0.25, 0.3) is 0 Å². The van der Waals surface area contributed by atoms with Crippen molar-refractivity contribution in [1.82, 2.24) is 0 Å². The molecule has 19 heavy (non-hydrogen) atoms. The zero-order valence-electron chi connectivity index (χ0n) is 10.8. The largest absolute Gasteiger partial charge is 0.299 e. The summed E-state index contributed by atoms with van der Waals surface area (Å²) in [5.41, 5.74) is 5.44. The van der Waals surface area contributed by atoms with E-state index in [1.165, 1.54) is 22.3 Å². The first kappa shape index (κ1) is 11.0. The van der Waals surface area contributed by atoms with Gasteiger partial charge in [0.15, 0.2) is 0 Å². The zero-order chi connectivity index (χ0) is 12.8. The predicted molar refractivity (Wildman–Crippen MR) is 75.4 cm³/mol. The van der Waals surface area contributed by atoms with Crippen LogP contribution in [0.3, 0.4) is 0 Å². The molecule has 2 aliphatic carbocycles. The molecule has 2 aliphatic rings. The maximum Gasteiger partial charge on any atom is 0.141 e. The minimum absolute atomic E-state index is 0.170. The number of rotatable bonds is 3. The van der Waals surface area contributed by atoms with Crippen LogP contribution in [0.25, 0.3) is 0 Å². The van der Waals surface area contributed by atoms with E-state index in [0.717, 1.165) is 19.3 Å².